The molecule has 6 heteroatoms. The van der Waals surface area contributed by atoms with Crippen molar-refractivity contribution in [2.75, 3.05) is 0 Å². The molecule has 0 bridgehead atoms. The summed E-state index contributed by atoms with van der Waals surface area (Å²) >= 11 is 5.61. The zero-order chi connectivity index (χ0) is 10.1. The molecular formula is C7H6ClF3N2. The van der Waals surface area contributed by atoms with E-state index in [1.165, 1.54) is 0 Å². The molecule has 1 atom stereocenters. The molecule has 1 rings (SSSR count). The Kier molecular flexibility index (Phi) is 2.75. The number of aromatic nitrogens is 2. The first kappa shape index (κ1) is 10.2. The van der Waals surface area contributed by atoms with Crippen LogP contribution in [0, 0.1) is 0 Å². The van der Waals surface area contributed by atoms with Crippen LogP contribution in [0.4, 0.5) is 13.2 Å². The second-order valence-corrected chi connectivity index (χ2v) is 3.11. The van der Waals surface area contributed by atoms with Gasteiger partial charge >= 0.3 is 6.18 Å². The lowest BCUT2D eigenvalue weighted by atomic mass is 10.3. The number of hydrogen-bond acceptors (Lipinski definition) is 2. The van der Waals surface area contributed by atoms with Gasteiger partial charge in [-0.25, -0.2) is 9.97 Å². The van der Waals surface area contributed by atoms with Crippen LogP contribution in [-0.2, 0) is 6.18 Å². The topological polar surface area (TPSA) is 25.8 Å². The lowest BCUT2D eigenvalue weighted by molar-refractivity contribution is -0.145. The standard InChI is InChI=1S/C7H6ClF3N2/c1-4(8)5-2-12-6(13-3-5)7(9,10)11/h2-4H,1H3. The van der Waals surface area contributed by atoms with Crippen molar-refractivity contribution in [2.24, 2.45) is 0 Å². The zero-order valence-corrected chi connectivity index (χ0v) is 7.39. The minimum absolute atomic E-state index is 0.387. The summed E-state index contributed by atoms with van der Waals surface area (Å²) in [4.78, 5) is 6.30. The minimum atomic E-state index is -4.49. The first-order chi connectivity index (χ1) is 5.91. The molecule has 1 aromatic rings. The summed E-state index contributed by atoms with van der Waals surface area (Å²) in [6.07, 6.45) is -2.34. The molecule has 13 heavy (non-hydrogen) atoms. The summed E-state index contributed by atoms with van der Waals surface area (Å²) in [6.45, 7) is 1.63. The molecule has 0 aliphatic carbocycles. The van der Waals surface area contributed by atoms with Gasteiger partial charge in [-0.2, -0.15) is 13.2 Å². The van der Waals surface area contributed by atoms with Crippen LogP contribution in [0.2, 0.25) is 0 Å². The third-order valence-corrected chi connectivity index (χ3v) is 1.64. The zero-order valence-electron chi connectivity index (χ0n) is 6.64. The van der Waals surface area contributed by atoms with E-state index in [1.54, 1.807) is 6.92 Å². The molecule has 1 heterocycles. The Balaban J connectivity index is 2.94. The van der Waals surface area contributed by atoms with Crippen LogP contribution in [0.15, 0.2) is 12.4 Å². The quantitative estimate of drug-likeness (QED) is 0.666. The van der Waals surface area contributed by atoms with Crippen LogP contribution in [0.25, 0.3) is 0 Å². The summed E-state index contributed by atoms with van der Waals surface area (Å²) in [7, 11) is 0. The Morgan fingerprint density at radius 2 is 1.77 bits per heavy atom. The van der Waals surface area contributed by atoms with Crippen LogP contribution >= 0.6 is 11.6 Å². The highest BCUT2D eigenvalue weighted by atomic mass is 35.5. The Hall–Kier alpha value is -0.840. The van der Waals surface area contributed by atoms with Gasteiger partial charge in [0, 0.05) is 18.0 Å². The minimum Gasteiger partial charge on any atom is -0.233 e. The Labute approximate surface area is 77.8 Å². The van der Waals surface area contributed by atoms with E-state index >= 15 is 0 Å². The SMILES string of the molecule is CC(Cl)c1cnc(C(F)(F)F)nc1. The first-order valence-corrected chi connectivity index (χ1v) is 3.88. The molecule has 72 valence electrons. The predicted molar refractivity (Wildman–Crippen MR) is 41.3 cm³/mol. The van der Waals surface area contributed by atoms with Crippen LogP contribution in [0.1, 0.15) is 23.7 Å². The van der Waals surface area contributed by atoms with E-state index in [2.05, 4.69) is 9.97 Å². The van der Waals surface area contributed by atoms with Gasteiger partial charge in [-0.1, -0.05) is 0 Å². The van der Waals surface area contributed by atoms with Gasteiger partial charge in [0.15, 0.2) is 0 Å². The van der Waals surface area contributed by atoms with Gasteiger partial charge in [0.2, 0.25) is 5.82 Å². The molecule has 1 aromatic heterocycles. The van der Waals surface area contributed by atoms with Crippen molar-refractivity contribution in [3.8, 4) is 0 Å². The average Bonchev–Trinajstić information content (AvgIpc) is 2.03. The van der Waals surface area contributed by atoms with E-state index in [9.17, 15) is 13.2 Å². The normalized spacial score (nSPS) is 14.2. The van der Waals surface area contributed by atoms with Gasteiger partial charge in [-0.05, 0) is 6.92 Å². The smallest absolute Gasteiger partial charge is 0.233 e. The predicted octanol–water partition coefficient (Wildman–Crippen LogP) is 2.80. The van der Waals surface area contributed by atoms with Gasteiger partial charge in [-0.15, -0.1) is 11.6 Å². The van der Waals surface area contributed by atoms with E-state index < -0.39 is 12.0 Å². The highest BCUT2D eigenvalue weighted by Gasteiger charge is 2.34. The highest BCUT2D eigenvalue weighted by molar-refractivity contribution is 6.20. The molecule has 0 radical (unpaired) electrons. The lowest BCUT2D eigenvalue weighted by Crippen LogP contribution is -2.10. The van der Waals surface area contributed by atoms with E-state index in [4.69, 9.17) is 11.6 Å². The van der Waals surface area contributed by atoms with E-state index in [0.717, 1.165) is 12.4 Å². The van der Waals surface area contributed by atoms with E-state index in [-0.39, 0.29) is 5.38 Å². The van der Waals surface area contributed by atoms with Gasteiger partial charge in [0.05, 0.1) is 5.38 Å². The van der Waals surface area contributed by atoms with Crippen molar-refractivity contribution in [1.29, 1.82) is 0 Å². The van der Waals surface area contributed by atoms with Crippen molar-refractivity contribution in [2.45, 2.75) is 18.5 Å². The molecule has 2 nitrogen and oxygen atoms in total. The molecule has 0 fully saturated rings. The maximum Gasteiger partial charge on any atom is 0.451 e. The fourth-order valence-electron chi connectivity index (χ4n) is 0.690. The van der Waals surface area contributed by atoms with Crippen molar-refractivity contribution in [3.63, 3.8) is 0 Å². The largest absolute Gasteiger partial charge is 0.451 e. The Bertz CT molecular complexity index is 281. The number of rotatable bonds is 1. The van der Waals surface area contributed by atoms with Crippen LogP contribution in [-0.4, -0.2) is 9.97 Å². The van der Waals surface area contributed by atoms with Crippen molar-refractivity contribution in [3.05, 3.63) is 23.8 Å². The first-order valence-electron chi connectivity index (χ1n) is 3.44. The maximum absolute atomic E-state index is 12.0. The van der Waals surface area contributed by atoms with Gasteiger partial charge in [0.1, 0.15) is 0 Å². The molecule has 0 aliphatic heterocycles. The summed E-state index contributed by atoms with van der Waals surface area (Å²) < 4.78 is 35.9. The summed E-state index contributed by atoms with van der Waals surface area (Å²) in [5.74, 6) is -1.14. The average molecular weight is 211 g/mol. The molecule has 0 amide bonds. The second-order valence-electron chi connectivity index (χ2n) is 2.45. The van der Waals surface area contributed by atoms with Crippen LogP contribution in [0.5, 0.6) is 0 Å². The number of halogens is 4. The highest BCUT2D eigenvalue weighted by Crippen LogP contribution is 2.26. The van der Waals surface area contributed by atoms with Gasteiger partial charge in [-0.3, -0.25) is 0 Å². The molecule has 0 saturated carbocycles. The number of hydrogen-bond donors (Lipinski definition) is 0. The Morgan fingerprint density at radius 1 is 1.31 bits per heavy atom. The molecule has 1 unspecified atom stereocenters. The van der Waals surface area contributed by atoms with Crippen molar-refractivity contribution < 1.29 is 13.2 Å². The lowest BCUT2D eigenvalue weighted by Gasteiger charge is -2.05. The Morgan fingerprint density at radius 3 is 2.08 bits per heavy atom. The third kappa shape index (κ3) is 2.55. The monoisotopic (exact) mass is 210 g/mol. The molecular weight excluding hydrogens is 205 g/mol. The fraction of sp³-hybridized carbons (Fsp3) is 0.429. The summed E-state index contributed by atoms with van der Waals surface area (Å²) in [6, 6.07) is 0. The van der Waals surface area contributed by atoms with Gasteiger partial charge < -0.3 is 0 Å². The summed E-state index contributed by atoms with van der Waals surface area (Å²) in [5.41, 5.74) is 0.467. The second kappa shape index (κ2) is 3.49. The fourth-order valence-corrected chi connectivity index (χ4v) is 0.803. The maximum atomic E-state index is 12.0. The number of nitrogens with zero attached hydrogens (tertiary/aromatic N) is 2. The van der Waals surface area contributed by atoms with Crippen molar-refractivity contribution >= 4 is 11.6 Å². The molecule has 0 spiro atoms. The number of alkyl halides is 4. The third-order valence-electron chi connectivity index (χ3n) is 1.38. The molecule has 0 saturated heterocycles. The summed E-state index contributed by atoms with van der Waals surface area (Å²) in [5, 5.41) is -0.387. The van der Waals surface area contributed by atoms with Gasteiger partial charge in [0.25, 0.3) is 0 Å². The molecule has 0 N–H and O–H groups in total. The molecule has 0 aliphatic rings. The van der Waals surface area contributed by atoms with E-state index in [1.807, 2.05) is 0 Å². The molecule has 0 aromatic carbocycles. The van der Waals surface area contributed by atoms with Crippen molar-refractivity contribution in [1.82, 2.24) is 9.97 Å². The van der Waals surface area contributed by atoms with E-state index in [0.29, 0.717) is 5.56 Å². The van der Waals surface area contributed by atoms with Crippen LogP contribution < -0.4 is 0 Å². The van der Waals surface area contributed by atoms with Crippen LogP contribution in [0.3, 0.4) is 0 Å².